The summed E-state index contributed by atoms with van der Waals surface area (Å²) >= 11 is 3.77. The molecule has 4 radical (unpaired) electrons. The Morgan fingerprint density at radius 2 is 1.75 bits per heavy atom. The van der Waals surface area contributed by atoms with Crippen LogP contribution >= 0.6 is 0 Å². The molecule has 0 aromatic carbocycles. The van der Waals surface area contributed by atoms with Crippen LogP contribution < -0.4 is 0 Å². The molecular weight excluding hydrogens is 250 g/mol. The van der Waals surface area contributed by atoms with Gasteiger partial charge in [0.2, 0.25) is 0 Å². The van der Waals surface area contributed by atoms with Crippen LogP contribution in [0.2, 0.25) is 0 Å². The molecule has 0 unspecified atom stereocenters. The summed E-state index contributed by atoms with van der Waals surface area (Å²) in [5.41, 5.74) is 0. The fourth-order valence-electron chi connectivity index (χ4n) is 0. The molecule has 0 atom stereocenters. The van der Waals surface area contributed by atoms with Gasteiger partial charge >= 0.3 is 37.7 Å². The van der Waals surface area contributed by atoms with Crippen LogP contribution in [0.3, 0.4) is 0 Å². The predicted molar refractivity (Wildman–Crippen MR) is 21.0 cm³/mol. The Morgan fingerprint density at radius 3 is 1.75 bits per heavy atom. The first kappa shape index (κ1) is 22.9. The second-order valence-corrected chi connectivity index (χ2v) is 0.965. The molecule has 0 aromatic rings. The van der Waals surface area contributed by atoms with E-state index in [-0.39, 0.29) is 49.6 Å². The summed E-state index contributed by atoms with van der Waals surface area (Å²) < 4.78 is -0.356. The smallest absolute Gasteiger partial charge is 0 e. The Bertz CT molecular complexity index is 68.3. The van der Waals surface area contributed by atoms with Crippen LogP contribution in [0.15, 0.2) is 12.7 Å². The average Bonchev–Trinajstić information content (AvgIpc) is 1.38. The predicted octanol–water partition coefficient (Wildman–Crippen LogP) is -0.140. The Kier molecular flexibility index (Phi) is 45.0. The summed E-state index contributed by atoms with van der Waals surface area (Å²) in [4.78, 5) is 9.53. The Hall–Kier alpha value is 1.15. The number of carbonyl (C=O) groups is 1. The van der Waals surface area contributed by atoms with Gasteiger partial charge in [-0.05, 0) is 0 Å². The quantitative estimate of drug-likeness (QED) is 0.469. The third-order valence-corrected chi connectivity index (χ3v) is 0.349. The zero-order chi connectivity index (χ0) is 4.28. The van der Waals surface area contributed by atoms with Gasteiger partial charge in [0.25, 0.3) is 0 Å². The first-order valence-electron chi connectivity index (χ1n) is 1.06. The van der Waals surface area contributed by atoms with E-state index in [0.29, 0.717) is 0 Å². The SMILES string of the molecule is C=C[C](=O)[Ni].[Cr].[Ni].[Si]. The normalized spacial score (nSPS) is 4.25. The van der Waals surface area contributed by atoms with E-state index in [0.717, 1.165) is 6.08 Å². The maximum Gasteiger partial charge on any atom is 0 e. The van der Waals surface area contributed by atoms with E-state index in [1.165, 1.54) is 0 Å². The molecule has 0 spiro atoms. The van der Waals surface area contributed by atoms with Crippen molar-refractivity contribution in [3.8, 4) is 0 Å². The van der Waals surface area contributed by atoms with Gasteiger partial charge in [-0.25, -0.2) is 0 Å². The van der Waals surface area contributed by atoms with Crippen molar-refractivity contribution in [2.24, 2.45) is 0 Å². The number of hydrogen-bond acceptors (Lipinski definition) is 1. The summed E-state index contributed by atoms with van der Waals surface area (Å²) in [6.07, 6.45) is 1.11. The van der Waals surface area contributed by atoms with Crippen molar-refractivity contribution >= 4 is 15.7 Å². The van der Waals surface area contributed by atoms with Crippen molar-refractivity contribution in [3.05, 3.63) is 12.7 Å². The zero-order valence-corrected chi connectivity index (χ0v) is 7.98. The van der Waals surface area contributed by atoms with Crippen LogP contribution in [0, 0.1) is 0 Å². The standard InChI is InChI=1S/C3H3O.Cr.2Ni.Si/c1-2-3-4;;;;/h2H,1H2;;;;. The molecule has 0 saturated carbocycles. The minimum atomic E-state index is -0.356. The third-order valence-electron chi connectivity index (χ3n) is 0.148. The van der Waals surface area contributed by atoms with Gasteiger partial charge in [0.1, 0.15) is 0 Å². The van der Waals surface area contributed by atoms with Crippen LogP contribution in [-0.2, 0) is 54.1 Å². The second-order valence-electron chi connectivity index (χ2n) is 0.478. The molecule has 8 heavy (non-hydrogen) atoms. The molecule has 0 heterocycles. The molecule has 0 aliphatic carbocycles. The monoisotopic (exact) mass is 251 g/mol. The van der Waals surface area contributed by atoms with Crippen LogP contribution in [-0.4, -0.2) is 15.7 Å². The first-order valence-corrected chi connectivity index (χ1v) is 1.55. The largest absolute Gasteiger partial charge is 0 e. The summed E-state index contributed by atoms with van der Waals surface area (Å²) in [6.45, 7) is 3.12. The van der Waals surface area contributed by atoms with E-state index in [4.69, 9.17) is 0 Å². The van der Waals surface area contributed by atoms with Gasteiger partial charge in [0, 0.05) is 44.8 Å². The molecule has 51 valence electrons. The molecule has 0 aromatic heterocycles. The van der Waals surface area contributed by atoms with Crippen molar-refractivity contribution in [2.75, 3.05) is 0 Å². The van der Waals surface area contributed by atoms with Gasteiger partial charge in [-0.1, -0.05) is 0 Å². The summed E-state index contributed by atoms with van der Waals surface area (Å²) in [5, 5.41) is 0. The molecule has 1 nitrogen and oxygen atoms in total. The number of rotatable bonds is 1. The third kappa shape index (κ3) is 27.3. The molecule has 0 rings (SSSR count). The average molecular weight is 253 g/mol. The fraction of sp³-hybridized carbons (Fsp3) is 0. The van der Waals surface area contributed by atoms with Crippen molar-refractivity contribution in [1.82, 2.24) is 0 Å². The molecule has 0 fully saturated rings. The van der Waals surface area contributed by atoms with Crippen LogP contribution in [0.25, 0.3) is 0 Å². The van der Waals surface area contributed by atoms with Crippen LogP contribution in [0.4, 0.5) is 0 Å². The van der Waals surface area contributed by atoms with E-state index in [1.807, 2.05) is 0 Å². The van der Waals surface area contributed by atoms with E-state index in [2.05, 4.69) is 22.0 Å². The first-order chi connectivity index (χ1) is 2.27. The zero-order valence-electron chi connectivity index (χ0n) is 3.73. The van der Waals surface area contributed by atoms with Gasteiger partial charge in [-0.2, -0.15) is 0 Å². The maximum atomic E-state index is 9.53. The van der Waals surface area contributed by atoms with Gasteiger partial charge in [0.15, 0.2) is 0 Å². The van der Waals surface area contributed by atoms with E-state index in [1.54, 1.807) is 0 Å². The number of hydrogen-bond donors (Lipinski definition) is 0. The van der Waals surface area contributed by atoms with E-state index < -0.39 is 0 Å². The summed E-state index contributed by atoms with van der Waals surface area (Å²) in [7, 11) is 0. The Balaban J connectivity index is -0.0000000267. The topological polar surface area (TPSA) is 17.1 Å². The van der Waals surface area contributed by atoms with Crippen molar-refractivity contribution in [2.45, 2.75) is 0 Å². The van der Waals surface area contributed by atoms with Crippen LogP contribution in [0.1, 0.15) is 0 Å². The van der Waals surface area contributed by atoms with Crippen molar-refractivity contribution < 1.29 is 54.1 Å². The molecule has 0 saturated heterocycles. The van der Waals surface area contributed by atoms with Gasteiger partial charge in [-0.3, -0.25) is 0 Å². The number of carbonyl (C=O) groups excluding carboxylic acids is 1. The van der Waals surface area contributed by atoms with Gasteiger partial charge < -0.3 is 0 Å². The summed E-state index contributed by atoms with van der Waals surface area (Å²) in [6, 6.07) is 0. The molecular formula is C3H3CrNi2OSi. The van der Waals surface area contributed by atoms with Crippen molar-refractivity contribution in [1.29, 1.82) is 0 Å². The summed E-state index contributed by atoms with van der Waals surface area (Å²) in [5.74, 6) is 0. The van der Waals surface area contributed by atoms with Gasteiger partial charge in [0.05, 0.1) is 0 Å². The van der Waals surface area contributed by atoms with Gasteiger partial charge in [-0.15, -0.1) is 0 Å². The number of allylic oxidation sites excluding steroid dienone is 1. The molecule has 0 bridgehead atoms. The molecule has 0 N–H and O–H groups in total. The molecule has 0 aliphatic rings. The maximum absolute atomic E-state index is 9.53. The molecule has 0 amide bonds. The van der Waals surface area contributed by atoms with Crippen molar-refractivity contribution in [3.63, 3.8) is 0 Å². The molecule has 5 heteroatoms. The van der Waals surface area contributed by atoms with Crippen LogP contribution in [0.5, 0.6) is 0 Å². The Morgan fingerprint density at radius 1 is 1.62 bits per heavy atom. The minimum absolute atomic E-state index is 0. The Labute approximate surface area is 82.1 Å². The van der Waals surface area contributed by atoms with E-state index >= 15 is 0 Å². The second kappa shape index (κ2) is 15.7. The molecule has 0 aliphatic heterocycles. The fourth-order valence-corrected chi connectivity index (χ4v) is 0. The minimum Gasteiger partial charge on any atom is 0 e. The van der Waals surface area contributed by atoms with E-state index in [9.17, 15) is 4.79 Å².